The SMILES string of the molecule is CCCCCCN1CCN(c2ccc(S(=O)(=O)Oc3ccc(F)c(F)c3)cc2)C1=O. The van der Waals surface area contributed by atoms with Crippen molar-refractivity contribution in [1.82, 2.24) is 4.90 Å². The number of carbonyl (C=O) groups is 1. The lowest BCUT2D eigenvalue weighted by Gasteiger charge is -2.19. The van der Waals surface area contributed by atoms with Crippen molar-refractivity contribution in [1.29, 1.82) is 0 Å². The summed E-state index contributed by atoms with van der Waals surface area (Å²) in [6, 6.07) is 8.08. The predicted octanol–water partition coefficient (Wildman–Crippen LogP) is 4.55. The summed E-state index contributed by atoms with van der Waals surface area (Å²) < 4.78 is 55.9. The fourth-order valence-corrected chi connectivity index (χ4v) is 4.18. The third-order valence-corrected chi connectivity index (χ3v) is 6.17. The highest BCUT2D eigenvalue weighted by Gasteiger charge is 2.29. The number of unbranched alkanes of at least 4 members (excludes halogenated alkanes) is 3. The van der Waals surface area contributed by atoms with E-state index in [-0.39, 0.29) is 16.7 Å². The number of rotatable bonds is 9. The summed E-state index contributed by atoms with van der Waals surface area (Å²) in [6.45, 7) is 4.01. The van der Waals surface area contributed by atoms with Gasteiger partial charge in [-0.05, 0) is 42.8 Å². The van der Waals surface area contributed by atoms with Gasteiger partial charge in [0.25, 0.3) is 0 Å². The zero-order valence-electron chi connectivity index (χ0n) is 16.7. The Morgan fingerprint density at radius 1 is 0.967 bits per heavy atom. The average molecular weight is 438 g/mol. The van der Waals surface area contributed by atoms with E-state index >= 15 is 0 Å². The molecule has 1 aliphatic heterocycles. The quantitative estimate of drug-likeness (QED) is 0.425. The maximum absolute atomic E-state index is 13.3. The minimum absolute atomic E-state index is 0.0971. The van der Waals surface area contributed by atoms with Crippen LogP contribution in [0.5, 0.6) is 5.75 Å². The van der Waals surface area contributed by atoms with Crippen LogP contribution in [0.4, 0.5) is 19.3 Å². The fourth-order valence-electron chi connectivity index (χ4n) is 3.26. The number of amides is 2. The molecule has 3 rings (SSSR count). The molecule has 0 aliphatic carbocycles. The summed E-state index contributed by atoms with van der Waals surface area (Å²) in [5.41, 5.74) is 0.586. The van der Waals surface area contributed by atoms with E-state index in [4.69, 9.17) is 4.18 Å². The monoisotopic (exact) mass is 438 g/mol. The topological polar surface area (TPSA) is 66.9 Å². The molecule has 1 aliphatic rings. The van der Waals surface area contributed by atoms with E-state index in [1.807, 2.05) is 0 Å². The molecule has 0 saturated carbocycles. The molecule has 1 saturated heterocycles. The number of carbonyl (C=O) groups excluding carboxylic acids is 1. The normalized spacial score (nSPS) is 14.4. The van der Waals surface area contributed by atoms with E-state index < -0.39 is 21.8 Å². The molecule has 0 unspecified atom stereocenters. The van der Waals surface area contributed by atoms with Gasteiger partial charge >= 0.3 is 16.1 Å². The number of urea groups is 1. The maximum Gasteiger partial charge on any atom is 0.339 e. The van der Waals surface area contributed by atoms with Gasteiger partial charge in [0, 0.05) is 31.4 Å². The van der Waals surface area contributed by atoms with Crippen LogP contribution in [0.15, 0.2) is 47.4 Å². The van der Waals surface area contributed by atoms with Crippen molar-refractivity contribution < 1.29 is 26.2 Å². The number of anilines is 1. The van der Waals surface area contributed by atoms with Crippen LogP contribution >= 0.6 is 0 Å². The molecular formula is C21H24F2N2O4S. The molecule has 6 nitrogen and oxygen atoms in total. The van der Waals surface area contributed by atoms with Gasteiger partial charge in [0.1, 0.15) is 10.6 Å². The third-order valence-electron chi connectivity index (χ3n) is 4.91. The summed E-state index contributed by atoms with van der Waals surface area (Å²) in [6.07, 6.45) is 4.33. The third kappa shape index (κ3) is 5.08. The van der Waals surface area contributed by atoms with Crippen molar-refractivity contribution in [3.8, 4) is 5.75 Å². The lowest BCUT2D eigenvalue weighted by atomic mass is 10.2. The summed E-state index contributed by atoms with van der Waals surface area (Å²) in [5.74, 6) is -2.63. The molecule has 2 aromatic carbocycles. The molecule has 0 N–H and O–H groups in total. The number of hydrogen-bond donors (Lipinski definition) is 0. The van der Waals surface area contributed by atoms with E-state index in [1.54, 1.807) is 9.80 Å². The first-order valence-corrected chi connectivity index (χ1v) is 11.3. The maximum atomic E-state index is 13.3. The lowest BCUT2D eigenvalue weighted by Crippen LogP contribution is -2.32. The first-order chi connectivity index (χ1) is 14.3. The van der Waals surface area contributed by atoms with Crippen molar-refractivity contribution in [2.24, 2.45) is 0 Å². The Kier molecular flexibility index (Phi) is 6.91. The zero-order valence-corrected chi connectivity index (χ0v) is 17.5. The molecule has 162 valence electrons. The zero-order chi connectivity index (χ0) is 21.7. The van der Waals surface area contributed by atoms with Gasteiger partial charge in [-0.2, -0.15) is 8.42 Å². The molecule has 1 fully saturated rings. The molecule has 30 heavy (non-hydrogen) atoms. The summed E-state index contributed by atoms with van der Waals surface area (Å²) in [4.78, 5) is 15.8. The van der Waals surface area contributed by atoms with Crippen LogP contribution < -0.4 is 9.08 Å². The second-order valence-corrected chi connectivity index (χ2v) is 8.64. The molecule has 0 bridgehead atoms. The first kappa shape index (κ1) is 22.0. The Bertz CT molecular complexity index is 997. The van der Waals surface area contributed by atoms with E-state index in [1.165, 1.54) is 24.3 Å². The predicted molar refractivity (Wildman–Crippen MR) is 109 cm³/mol. The van der Waals surface area contributed by atoms with E-state index in [9.17, 15) is 22.0 Å². The second-order valence-electron chi connectivity index (χ2n) is 7.09. The molecule has 0 spiro atoms. The molecular weight excluding hydrogens is 414 g/mol. The highest BCUT2D eigenvalue weighted by atomic mass is 32.2. The van der Waals surface area contributed by atoms with Crippen molar-refractivity contribution in [3.05, 3.63) is 54.1 Å². The highest BCUT2D eigenvalue weighted by Crippen LogP contribution is 2.25. The van der Waals surface area contributed by atoms with E-state index in [2.05, 4.69) is 6.92 Å². The van der Waals surface area contributed by atoms with Crippen molar-refractivity contribution >= 4 is 21.8 Å². The van der Waals surface area contributed by atoms with Crippen LogP contribution in [0.2, 0.25) is 0 Å². The largest absolute Gasteiger partial charge is 0.379 e. The molecule has 2 aromatic rings. The van der Waals surface area contributed by atoms with Crippen LogP contribution in [-0.2, 0) is 10.1 Å². The molecule has 0 atom stereocenters. The minimum Gasteiger partial charge on any atom is -0.379 e. The Morgan fingerprint density at radius 3 is 2.37 bits per heavy atom. The van der Waals surface area contributed by atoms with Crippen LogP contribution in [0.3, 0.4) is 0 Å². The van der Waals surface area contributed by atoms with Gasteiger partial charge in [0.2, 0.25) is 0 Å². The van der Waals surface area contributed by atoms with Gasteiger partial charge < -0.3 is 9.08 Å². The van der Waals surface area contributed by atoms with Gasteiger partial charge in [0.15, 0.2) is 11.6 Å². The van der Waals surface area contributed by atoms with Gasteiger partial charge in [-0.25, -0.2) is 13.6 Å². The van der Waals surface area contributed by atoms with Crippen molar-refractivity contribution in [3.63, 3.8) is 0 Å². The lowest BCUT2D eigenvalue weighted by molar-refractivity contribution is 0.219. The number of nitrogens with zero attached hydrogens (tertiary/aromatic N) is 2. The van der Waals surface area contributed by atoms with Gasteiger partial charge in [-0.1, -0.05) is 26.2 Å². The molecule has 2 amide bonds. The first-order valence-electron chi connectivity index (χ1n) is 9.88. The summed E-state index contributed by atoms with van der Waals surface area (Å²) >= 11 is 0. The summed E-state index contributed by atoms with van der Waals surface area (Å²) in [7, 11) is -4.23. The van der Waals surface area contributed by atoms with E-state index in [0.717, 1.165) is 37.8 Å². The summed E-state index contributed by atoms with van der Waals surface area (Å²) in [5, 5.41) is 0. The fraction of sp³-hybridized carbons (Fsp3) is 0.381. The Labute approximate surface area is 175 Å². The Morgan fingerprint density at radius 2 is 1.70 bits per heavy atom. The number of halogens is 2. The van der Waals surface area contributed by atoms with Gasteiger partial charge in [0.05, 0.1) is 0 Å². The Hall–Kier alpha value is -2.68. The second kappa shape index (κ2) is 9.42. The van der Waals surface area contributed by atoms with Crippen LogP contribution in [0.1, 0.15) is 32.6 Å². The van der Waals surface area contributed by atoms with Crippen molar-refractivity contribution in [2.45, 2.75) is 37.5 Å². The number of hydrogen-bond acceptors (Lipinski definition) is 4. The minimum atomic E-state index is -4.23. The standard InChI is InChI=1S/C21H24F2N2O4S/c1-2-3-4-5-12-24-13-14-25(21(24)26)16-6-9-18(10-7-16)30(27,28)29-17-8-11-19(22)20(23)15-17/h6-11,15H,2-5,12-14H2,1H3. The molecule has 1 heterocycles. The van der Waals surface area contributed by atoms with Crippen molar-refractivity contribution in [2.75, 3.05) is 24.5 Å². The Balaban J connectivity index is 1.65. The average Bonchev–Trinajstić information content (AvgIpc) is 3.08. The van der Waals surface area contributed by atoms with E-state index in [0.29, 0.717) is 31.4 Å². The van der Waals surface area contributed by atoms with Gasteiger partial charge in [-0.3, -0.25) is 4.90 Å². The molecule has 9 heteroatoms. The number of benzene rings is 2. The molecule has 0 radical (unpaired) electrons. The highest BCUT2D eigenvalue weighted by molar-refractivity contribution is 7.87. The van der Waals surface area contributed by atoms with Crippen LogP contribution in [0.25, 0.3) is 0 Å². The van der Waals surface area contributed by atoms with Crippen LogP contribution in [-0.4, -0.2) is 39.0 Å². The van der Waals surface area contributed by atoms with Crippen LogP contribution in [0, 0.1) is 11.6 Å². The molecule has 0 aromatic heterocycles. The van der Waals surface area contributed by atoms with Gasteiger partial charge in [-0.15, -0.1) is 0 Å². The smallest absolute Gasteiger partial charge is 0.339 e.